The highest BCUT2D eigenvalue weighted by Gasteiger charge is 2.23. The first-order valence-electron chi connectivity index (χ1n) is 4.83. The molecule has 0 saturated heterocycles. The number of benzene rings is 1. The number of halogens is 2. The zero-order chi connectivity index (χ0) is 13.0. The number of aliphatic hydroxyl groups excluding tert-OH is 2. The molecule has 0 aliphatic rings. The topological polar surface area (TPSA) is 83.6 Å². The molecule has 1 aromatic rings. The van der Waals surface area contributed by atoms with Crippen LogP contribution >= 0.6 is 15.9 Å². The number of rotatable bonds is 5. The standard InChI is InChI=1S/C10H11BrFNO4/c11-4-3-9(14)10(15)7-5-6(13(16)17)1-2-8(7)12/h1-2,5,9-10,14-15H,3-4H2. The smallest absolute Gasteiger partial charge is 0.270 e. The number of nitro benzene ring substituents is 1. The molecule has 0 aliphatic heterocycles. The number of aliphatic hydroxyl groups is 2. The van der Waals surface area contributed by atoms with Gasteiger partial charge < -0.3 is 10.2 Å². The van der Waals surface area contributed by atoms with Crippen LogP contribution in [-0.4, -0.2) is 26.6 Å². The lowest BCUT2D eigenvalue weighted by Crippen LogP contribution is -2.19. The number of non-ortho nitro benzene ring substituents is 1. The van der Waals surface area contributed by atoms with E-state index in [0.717, 1.165) is 18.2 Å². The van der Waals surface area contributed by atoms with Crippen molar-refractivity contribution in [1.82, 2.24) is 0 Å². The molecule has 1 rings (SSSR count). The monoisotopic (exact) mass is 307 g/mol. The Morgan fingerprint density at radius 1 is 1.47 bits per heavy atom. The summed E-state index contributed by atoms with van der Waals surface area (Å²) in [6.07, 6.45) is -2.44. The maximum absolute atomic E-state index is 13.4. The van der Waals surface area contributed by atoms with Crippen LogP contribution in [0.1, 0.15) is 18.1 Å². The summed E-state index contributed by atoms with van der Waals surface area (Å²) < 4.78 is 13.4. The van der Waals surface area contributed by atoms with Gasteiger partial charge in [-0.25, -0.2) is 4.39 Å². The molecule has 0 bridgehead atoms. The summed E-state index contributed by atoms with van der Waals surface area (Å²) in [4.78, 5) is 9.83. The van der Waals surface area contributed by atoms with E-state index < -0.39 is 22.9 Å². The van der Waals surface area contributed by atoms with Crippen molar-refractivity contribution >= 4 is 21.6 Å². The van der Waals surface area contributed by atoms with Gasteiger partial charge in [-0.1, -0.05) is 15.9 Å². The van der Waals surface area contributed by atoms with Crippen LogP contribution < -0.4 is 0 Å². The zero-order valence-corrected chi connectivity index (χ0v) is 10.3. The summed E-state index contributed by atoms with van der Waals surface area (Å²) in [6, 6.07) is 2.83. The maximum atomic E-state index is 13.4. The molecule has 0 heterocycles. The predicted molar refractivity (Wildman–Crippen MR) is 62.4 cm³/mol. The van der Waals surface area contributed by atoms with Crippen molar-refractivity contribution in [2.75, 3.05) is 5.33 Å². The molecule has 0 saturated carbocycles. The van der Waals surface area contributed by atoms with E-state index in [1.54, 1.807) is 0 Å². The molecule has 5 nitrogen and oxygen atoms in total. The molecule has 1 aromatic carbocycles. The van der Waals surface area contributed by atoms with Crippen LogP contribution in [0.25, 0.3) is 0 Å². The molecule has 7 heteroatoms. The van der Waals surface area contributed by atoms with Crippen LogP contribution in [0.5, 0.6) is 0 Å². The van der Waals surface area contributed by atoms with E-state index in [0.29, 0.717) is 5.33 Å². The Balaban J connectivity index is 3.03. The highest BCUT2D eigenvalue weighted by atomic mass is 79.9. The van der Waals surface area contributed by atoms with Crippen LogP contribution in [0.2, 0.25) is 0 Å². The number of hydrogen-bond donors (Lipinski definition) is 2. The van der Waals surface area contributed by atoms with Crippen LogP contribution in [0.4, 0.5) is 10.1 Å². The van der Waals surface area contributed by atoms with Crippen molar-refractivity contribution in [3.63, 3.8) is 0 Å². The van der Waals surface area contributed by atoms with Crippen molar-refractivity contribution in [2.24, 2.45) is 0 Å². The molecule has 17 heavy (non-hydrogen) atoms. The fourth-order valence-corrected chi connectivity index (χ4v) is 1.82. The molecule has 0 spiro atoms. The van der Waals surface area contributed by atoms with E-state index in [1.165, 1.54) is 0 Å². The summed E-state index contributed by atoms with van der Waals surface area (Å²) >= 11 is 3.07. The summed E-state index contributed by atoms with van der Waals surface area (Å²) in [6.45, 7) is 0. The Morgan fingerprint density at radius 3 is 2.65 bits per heavy atom. The van der Waals surface area contributed by atoms with Crippen molar-refractivity contribution in [2.45, 2.75) is 18.6 Å². The van der Waals surface area contributed by atoms with Crippen LogP contribution in [0.3, 0.4) is 0 Å². The third-order valence-corrected chi connectivity index (χ3v) is 2.74. The van der Waals surface area contributed by atoms with E-state index in [-0.39, 0.29) is 17.7 Å². The quantitative estimate of drug-likeness (QED) is 0.494. The normalized spacial score (nSPS) is 14.4. The van der Waals surface area contributed by atoms with Gasteiger partial charge in [-0.05, 0) is 12.5 Å². The Hall–Kier alpha value is -1.05. The maximum Gasteiger partial charge on any atom is 0.270 e. The van der Waals surface area contributed by atoms with E-state index in [9.17, 15) is 24.7 Å². The largest absolute Gasteiger partial charge is 0.390 e. The zero-order valence-electron chi connectivity index (χ0n) is 8.72. The van der Waals surface area contributed by atoms with Gasteiger partial charge >= 0.3 is 0 Å². The van der Waals surface area contributed by atoms with E-state index in [1.807, 2.05) is 0 Å². The lowest BCUT2D eigenvalue weighted by molar-refractivity contribution is -0.385. The summed E-state index contributed by atoms with van der Waals surface area (Å²) in [5.41, 5.74) is -0.598. The highest BCUT2D eigenvalue weighted by molar-refractivity contribution is 9.09. The van der Waals surface area contributed by atoms with Crippen molar-refractivity contribution in [3.8, 4) is 0 Å². The Kier molecular flexibility index (Phi) is 4.98. The molecule has 0 amide bonds. The molecule has 0 fully saturated rings. The summed E-state index contributed by atoms with van der Waals surface area (Å²) in [5, 5.41) is 30.1. The Labute approximate surface area is 105 Å². The molecular weight excluding hydrogens is 297 g/mol. The highest BCUT2D eigenvalue weighted by Crippen LogP contribution is 2.26. The van der Waals surface area contributed by atoms with Gasteiger partial charge in [-0.15, -0.1) is 0 Å². The van der Waals surface area contributed by atoms with E-state index in [4.69, 9.17) is 0 Å². The molecular formula is C10H11BrFNO4. The molecule has 94 valence electrons. The first-order chi connectivity index (χ1) is 7.97. The van der Waals surface area contributed by atoms with Crippen molar-refractivity contribution in [1.29, 1.82) is 0 Å². The lowest BCUT2D eigenvalue weighted by Gasteiger charge is -2.17. The van der Waals surface area contributed by atoms with Gasteiger partial charge in [0.1, 0.15) is 11.9 Å². The molecule has 0 radical (unpaired) electrons. The van der Waals surface area contributed by atoms with Gasteiger partial charge in [0, 0.05) is 23.0 Å². The molecule has 2 N–H and O–H groups in total. The minimum Gasteiger partial charge on any atom is -0.390 e. The fourth-order valence-electron chi connectivity index (χ4n) is 1.35. The number of alkyl halides is 1. The second-order valence-corrected chi connectivity index (χ2v) is 4.25. The first kappa shape index (κ1) is 14.0. The third-order valence-electron chi connectivity index (χ3n) is 2.28. The van der Waals surface area contributed by atoms with Crippen molar-refractivity contribution in [3.05, 3.63) is 39.7 Å². The Bertz CT molecular complexity index is 415. The number of nitro groups is 1. The van der Waals surface area contributed by atoms with Gasteiger partial charge in [0.2, 0.25) is 0 Å². The second kappa shape index (κ2) is 6.04. The van der Waals surface area contributed by atoms with Gasteiger partial charge in [0.15, 0.2) is 0 Å². The fraction of sp³-hybridized carbons (Fsp3) is 0.400. The SMILES string of the molecule is O=[N+]([O-])c1ccc(F)c(C(O)C(O)CCBr)c1. The van der Waals surface area contributed by atoms with Crippen molar-refractivity contribution < 1.29 is 19.5 Å². The van der Waals surface area contributed by atoms with Crippen LogP contribution in [-0.2, 0) is 0 Å². The lowest BCUT2D eigenvalue weighted by atomic mass is 10.0. The molecule has 2 unspecified atom stereocenters. The van der Waals surface area contributed by atoms with Gasteiger partial charge in [-0.2, -0.15) is 0 Å². The summed E-state index contributed by atoms with van der Waals surface area (Å²) in [7, 11) is 0. The average molecular weight is 308 g/mol. The van der Waals surface area contributed by atoms with Gasteiger partial charge in [0.05, 0.1) is 11.0 Å². The minimum atomic E-state index is -1.48. The van der Waals surface area contributed by atoms with E-state index >= 15 is 0 Å². The number of nitrogens with zero attached hydrogens (tertiary/aromatic N) is 1. The Morgan fingerprint density at radius 2 is 2.12 bits per heavy atom. The molecule has 2 atom stereocenters. The van der Waals surface area contributed by atoms with E-state index in [2.05, 4.69) is 15.9 Å². The third kappa shape index (κ3) is 3.45. The summed E-state index contributed by atoms with van der Waals surface area (Å²) in [5.74, 6) is -0.781. The second-order valence-electron chi connectivity index (χ2n) is 3.45. The predicted octanol–water partition coefficient (Wildman–Crippen LogP) is 1.91. The van der Waals surface area contributed by atoms with Crippen LogP contribution in [0, 0.1) is 15.9 Å². The van der Waals surface area contributed by atoms with Gasteiger partial charge in [0.25, 0.3) is 5.69 Å². The minimum absolute atomic E-state index is 0.212. The molecule has 0 aromatic heterocycles. The first-order valence-corrected chi connectivity index (χ1v) is 5.95. The molecule has 0 aliphatic carbocycles. The van der Waals surface area contributed by atoms with Gasteiger partial charge in [-0.3, -0.25) is 10.1 Å². The van der Waals surface area contributed by atoms with Crippen LogP contribution in [0.15, 0.2) is 18.2 Å². The average Bonchev–Trinajstić information content (AvgIpc) is 2.28. The number of hydrogen-bond acceptors (Lipinski definition) is 4.